The Bertz CT molecular complexity index is 768. The van der Waals surface area contributed by atoms with E-state index < -0.39 is 17.1 Å². The Morgan fingerprint density at radius 3 is 2.72 bits per heavy atom. The van der Waals surface area contributed by atoms with Crippen LogP contribution in [0.3, 0.4) is 0 Å². The van der Waals surface area contributed by atoms with Crippen molar-refractivity contribution < 1.29 is 4.39 Å². The van der Waals surface area contributed by atoms with Gasteiger partial charge in [0.15, 0.2) is 0 Å². The van der Waals surface area contributed by atoms with Gasteiger partial charge in [0.05, 0.1) is 5.69 Å². The predicted octanol–water partition coefficient (Wildman–Crippen LogP) is 0.845. The van der Waals surface area contributed by atoms with Crippen LogP contribution in [0.15, 0.2) is 34.0 Å². The number of aryl methyl sites for hydroxylation is 1. The first kappa shape index (κ1) is 11.8. The van der Waals surface area contributed by atoms with Gasteiger partial charge in [0.1, 0.15) is 17.4 Å². The number of H-pyrrole nitrogens is 1. The van der Waals surface area contributed by atoms with Crippen LogP contribution in [0.25, 0.3) is 5.69 Å². The molecule has 1 heterocycles. The summed E-state index contributed by atoms with van der Waals surface area (Å²) < 4.78 is 14.6. The van der Waals surface area contributed by atoms with E-state index in [0.717, 1.165) is 10.8 Å². The van der Waals surface area contributed by atoms with E-state index in [2.05, 4.69) is 0 Å². The minimum Gasteiger partial charge on any atom is -0.273 e. The fraction of sp³-hybridized carbons (Fsp3) is 0.0833. The number of nitriles is 1. The lowest BCUT2D eigenvalue weighted by atomic mass is 10.2. The third kappa shape index (κ3) is 1.94. The summed E-state index contributed by atoms with van der Waals surface area (Å²) in [5.74, 6) is -0.604. The van der Waals surface area contributed by atoms with Gasteiger partial charge in [0.2, 0.25) is 0 Å². The highest BCUT2D eigenvalue weighted by atomic mass is 19.1. The van der Waals surface area contributed by atoms with Crippen molar-refractivity contribution in [3.8, 4) is 11.8 Å². The second-order valence-corrected chi connectivity index (χ2v) is 3.74. The highest BCUT2D eigenvalue weighted by Crippen LogP contribution is 2.12. The molecular weight excluding hydrogens is 237 g/mol. The summed E-state index contributed by atoms with van der Waals surface area (Å²) in [4.78, 5) is 24.7. The van der Waals surface area contributed by atoms with E-state index in [4.69, 9.17) is 5.26 Å². The standard InChI is InChI=1S/C12H8FN3O2/c1-7-2-3-10(9(13)4-7)16-6-8(5-14)11(17)15-12(16)18/h2-4,6H,1H3,(H,15,17,18). The third-order valence-corrected chi connectivity index (χ3v) is 2.43. The zero-order valence-electron chi connectivity index (χ0n) is 9.40. The van der Waals surface area contributed by atoms with Crippen LogP contribution in [0.1, 0.15) is 11.1 Å². The molecule has 90 valence electrons. The second-order valence-electron chi connectivity index (χ2n) is 3.74. The average Bonchev–Trinajstić information content (AvgIpc) is 2.30. The Kier molecular flexibility index (Phi) is 2.81. The largest absolute Gasteiger partial charge is 0.333 e. The number of aromatic amines is 1. The number of halogens is 1. The molecule has 1 N–H and O–H groups in total. The smallest absolute Gasteiger partial charge is 0.273 e. The molecule has 0 radical (unpaired) electrons. The highest BCUT2D eigenvalue weighted by molar-refractivity contribution is 5.37. The maximum absolute atomic E-state index is 13.7. The number of rotatable bonds is 1. The summed E-state index contributed by atoms with van der Waals surface area (Å²) in [6, 6.07) is 5.94. The first-order valence-electron chi connectivity index (χ1n) is 5.05. The fourth-order valence-electron chi connectivity index (χ4n) is 1.54. The van der Waals surface area contributed by atoms with E-state index in [1.54, 1.807) is 19.1 Å². The van der Waals surface area contributed by atoms with Gasteiger partial charge in [-0.3, -0.25) is 14.3 Å². The molecule has 18 heavy (non-hydrogen) atoms. The van der Waals surface area contributed by atoms with Gasteiger partial charge in [-0.15, -0.1) is 0 Å². The number of hydrogen-bond acceptors (Lipinski definition) is 3. The Labute approximate surface area is 101 Å². The predicted molar refractivity (Wildman–Crippen MR) is 62.1 cm³/mol. The molecule has 0 aliphatic heterocycles. The molecule has 1 aromatic heterocycles. The summed E-state index contributed by atoms with van der Waals surface area (Å²) in [6.07, 6.45) is 1.02. The lowest BCUT2D eigenvalue weighted by Crippen LogP contribution is -2.30. The second kappa shape index (κ2) is 4.30. The average molecular weight is 245 g/mol. The molecular formula is C12H8FN3O2. The topological polar surface area (TPSA) is 78.7 Å². The van der Waals surface area contributed by atoms with Crippen molar-refractivity contribution in [3.05, 3.63) is 62.2 Å². The van der Waals surface area contributed by atoms with E-state index in [0.29, 0.717) is 5.56 Å². The molecule has 0 saturated heterocycles. The molecule has 0 aliphatic carbocycles. The van der Waals surface area contributed by atoms with Crippen molar-refractivity contribution in [3.63, 3.8) is 0 Å². The zero-order valence-corrected chi connectivity index (χ0v) is 9.40. The van der Waals surface area contributed by atoms with Gasteiger partial charge in [-0.25, -0.2) is 9.18 Å². The van der Waals surface area contributed by atoms with Crippen LogP contribution < -0.4 is 11.2 Å². The van der Waals surface area contributed by atoms with Crippen molar-refractivity contribution in [1.82, 2.24) is 9.55 Å². The van der Waals surface area contributed by atoms with Crippen LogP contribution in [0.5, 0.6) is 0 Å². The fourth-order valence-corrected chi connectivity index (χ4v) is 1.54. The summed E-state index contributed by atoms with van der Waals surface area (Å²) in [6.45, 7) is 1.71. The summed E-state index contributed by atoms with van der Waals surface area (Å²) in [7, 11) is 0. The van der Waals surface area contributed by atoms with E-state index in [1.165, 1.54) is 12.1 Å². The number of hydrogen-bond donors (Lipinski definition) is 1. The zero-order chi connectivity index (χ0) is 13.3. The summed E-state index contributed by atoms with van der Waals surface area (Å²) in [5, 5.41) is 8.71. The van der Waals surface area contributed by atoms with Crippen LogP contribution in [0.4, 0.5) is 4.39 Å². The van der Waals surface area contributed by atoms with Gasteiger partial charge >= 0.3 is 5.69 Å². The van der Waals surface area contributed by atoms with Gasteiger partial charge in [-0.1, -0.05) is 6.07 Å². The van der Waals surface area contributed by atoms with Crippen molar-refractivity contribution in [1.29, 1.82) is 5.26 Å². The summed E-state index contributed by atoms with van der Waals surface area (Å²) >= 11 is 0. The van der Waals surface area contributed by atoms with Crippen LogP contribution >= 0.6 is 0 Å². The number of benzene rings is 1. The molecule has 0 saturated carbocycles. The molecule has 5 nitrogen and oxygen atoms in total. The number of nitrogens with zero attached hydrogens (tertiary/aromatic N) is 2. The van der Waals surface area contributed by atoms with Gasteiger partial charge < -0.3 is 0 Å². The molecule has 2 rings (SSSR count). The van der Waals surface area contributed by atoms with E-state index in [1.807, 2.05) is 4.98 Å². The molecule has 0 aliphatic rings. The quantitative estimate of drug-likeness (QED) is 0.808. The van der Waals surface area contributed by atoms with Crippen molar-refractivity contribution in [2.75, 3.05) is 0 Å². The minimum atomic E-state index is -0.790. The SMILES string of the molecule is Cc1ccc(-n2cc(C#N)c(=O)[nH]c2=O)c(F)c1. The highest BCUT2D eigenvalue weighted by Gasteiger charge is 2.09. The van der Waals surface area contributed by atoms with Crippen molar-refractivity contribution in [2.45, 2.75) is 6.92 Å². The summed E-state index contributed by atoms with van der Waals surface area (Å²) in [5.41, 5.74) is -1.14. The van der Waals surface area contributed by atoms with Crippen molar-refractivity contribution >= 4 is 0 Å². The first-order valence-corrected chi connectivity index (χ1v) is 5.05. The number of aromatic nitrogens is 2. The first-order chi connectivity index (χ1) is 8.52. The Balaban J connectivity index is 2.76. The minimum absolute atomic E-state index is 0.0154. The van der Waals surface area contributed by atoms with Gasteiger partial charge in [-0.2, -0.15) is 5.26 Å². The molecule has 6 heteroatoms. The molecule has 0 amide bonds. The van der Waals surface area contributed by atoms with E-state index in [9.17, 15) is 14.0 Å². The monoisotopic (exact) mass is 245 g/mol. The molecule has 0 fully saturated rings. The Hall–Kier alpha value is -2.68. The van der Waals surface area contributed by atoms with Crippen LogP contribution in [-0.2, 0) is 0 Å². The lowest BCUT2D eigenvalue weighted by Gasteiger charge is -2.07. The van der Waals surface area contributed by atoms with Gasteiger partial charge in [0.25, 0.3) is 5.56 Å². The number of nitrogens with one attached hydrogen (secondary N) is 1. The lowest BCUT2D eigenvalue weighted by molar-refractivity contribution is 0.613. The Morgan fingerprint density at radius 2 is 2.11 bits per heavy atom. The van der Waals surface area contributed by atoms with Crippen molar-refractivity contribution in [2.24, 2.45) is 0 Å². The van der Waals surface area contributed by atoms with Crippen LogP contribution in [0, 0.1) is 24.1 Å². The molecule has 0 spiro atoms. The molecule has 0 bridgehead atoms. The maximum atomic E-state index is 13.7. The van der Waals surface area contributed by atoms with E-state index >= 15 is 0 Å². The van der Waals surface area contributed by atoms with E-state index in [-0.39, 0.29) is 11.3 Å². The van der Waals surface area contributed by atoms with Crippen LogP contribution in [-0.4, -0.2) is 9.55 Å². The maximum Gasteiger partial charge on any atom is 0.333 e. The normalized spacial score (nSPS) is 10.1. The molecule has 2 aromatic rings. The van der Waals surface area contributed by atoms with Crippen LogP contribution in [0.2, 0.25) is 0 Å². The molecule has 0 atom stereocenters. The molecule has 0 unspecified atom stereocenters. The third-order valence-electron chi connectivity index (χ3n) is 2.43. The Morgan fingerprint density at radius 1 is 1.39 bits per heavy atom. The van der Waals surface area contributed by atoms with Gasteiger partial charge in [0, 0.05) is 6.20 Å². The molecule has 1 aromatic carbocycles. The van der Waals surface area contributed by atoms with Gasteiger partial charge in [-0.05, 0) is 24.6 Å².